The maximum Gasteiger partial charge on any atom is 0.138 e. The summed E-state index contributed by atoms with van der Waals surface area (Å²) >= 11 is 0. The number of rotatable bonds is 2. The maximum atomic E-state index is 6.11. The van der Waals surface area contributed by atoms with Crippen LogP contribution in [0, 0.1) is 13.8 Å². The fraction of sp³-hybridized carbons (Fsp3) is 0.222. The maximum absolute atomic E-state index is 6.11. The highest BCUT2D eigenvalue weighted by Gasteiger charge is 2.13. The highest BCUT2D eigenvalue weighted by atomic mass is 16.3. The van der Waals surface area contributed by atoms with Crippen LogP contribution >= 0.6 is 0 Å². The second-order valence-electron chi connectivity index (χ2n) is 5.06. The molecule has 0 fully saturated rings. The van der Waals surface area contributed by atoms with Crippen molar-refractivity contribution < 1.29 is 4.42 Å². The summed E-state index contributed by atoms with van der Waals surface area (Å²) in [6.07, 6.45) is 1.04. The van der Waals surface area contributed by atoms with E-state index in [1.54, 1.807) is 0 Å². The molecule has 0 saturated heterocycles. The van der Waals surface area contributed by atoms with Crippen molar-refractivity contribution in [1.82, 2.24) is 0 Å². The summed E-state index contributed by atoms with van der Waals surface area (Å²) in [5.41, 5.74) is 5.98. The first-order chi connectivity index (χ1) is 9.20. The van der Waals surface area contributed by atoms with Gasteiger partial charge in [0.15, 0.2) is 0 Å². The van der Waals surface area contributed by atoms with Crippen LogP contribution in [0.5, 0.6) is 0 Å². The van der Waals surface area contributed by atoms with Crippen molar-refractivity contribution in [3.8, 4) is 11.3 Å². The van der Waals surface area contributed by atoms with Gasteiger partial charge >= 0.3 is 0 Å². The Balaban J connectivity index is 2.25. The Bertz CT molecular complexity index is 735. The Morgan fingerprint density at radius 3 is 2.53 bits per heavy atom. The normalized spacial score (nSPS) is 11.1. The van der Waals surface area contributed by atoms with Crippen molar-refractivity contribution in [2.75, 3.05) is 0 Å². The Kier molecular flexibility index (Phi) is 2.90. The summed E-state index contributed by atoms with van der Waals surface area (Å²) in [5.74, 6) is 1.00. The van der Waals surface area contributed by atoms with E-state index >= 15 is 0 Å². The Hall–Kier alpha value is -2.02. The molecule has 2 aromatic carbocycles. The van der Waals surface area contributed by atoms with Gasteiger partial charge < -0.3 is 4.42 Å². The van der Waals surface area contributed by atoms with E-state index < -0.39 is 0 Å². The Labute approximate surface area is 113 Å². The SMILES string of the molecule is CCc1ccc2c(C)c(-c3ccccc3C)oc2c1. The molecule has 19 heavy (non-hydrogen) atoms. The molecule has 0 aliphatic carbocycles. The highest BCUT2D eigenvalue weighted by Crippen LogP contribution is 2.34. The van der Waals surface area contributed by atoms with Crippen molar-refractivity contribution in [3.05, 3.63) is 59.2 Å². The quantitative estimate of drug-likeness (QED) is 0.603. The number of hydrogen-bond donors (Lipinski definition) is 0. The molecule has 1 heteroatoms. The van der Waals surface area contributed by atoms with Crippen LogP contribution in [-0.4, -0.2) is 0 Å². The molecule has 3 rings (SSSR count). The first kappa shape index (κ1) is 12.0. The van der Waals surface area contributed by atoms with Gasteiger partial charge in [0.1, 0.15) is 11.3 Å². The molecule has 96 valence electrons. The average Bonchev–Trinajstić information content (AvgIpc) is 2.76. The third-order valence-electron chi connectivity index (χ3n) is 3.80. The standard InChI is InChI=1S/C18H18O/c1-4-14-9-10-16-13(3)18(19-17(16)11-14)15-8-6-5-7-12(15)2/h5-11H,4H2,1-3H3. The lowest BCUT2D eigenvalue weighted by Crippen LogP contribution is -1.82. The molecule has 0 amide bonds. The third-order valence-corrected chi connectivity index (χ3v) is 3.80. The summed E-state index contributed by atoms with van der Waals surface area (Å²) in [5, 5.41) is 1.22. The minimum absolute atomic E-state index is 0.995. The summed E-state index contributed by atoms with van der Waals surface area (Å²) in [4.78, 5) is 0. The Morgan fingerprint density at radius 1 is 1.00 bits per heavy atom. The van der Waals surface area contributed by atoms with Gasteiger partial charge in [-0.1, -0.05) is 43.3 Å². The van der Waals surface area contributed by atoms with Crippen LogP contribution < -0.4 is 0 Å². The summed E-state index contributed by atoms with van der Waals surface area (Å²) in [7, 11) is 0. The minimum atomic E-state index is 0.995. The van der Waals surface area contributed by atoms with E-state index in [0.29, 0.717) is 0 Å². The fourth-order valence-electron chi connectivity index (χ4n) is 2.57. The zero-order valence-electron chi connectivity index (χ0n) is 11.7. The Morgan fingerprint density at radius 2 is 1.79 bits per heavy atom. The van der Waals surface area contributed by atoms with Crippen molar-refractivity contribution in [3.63, 3.8) is 0 Å². The van der Waals surface area contributed by atoms with Crippen LogP contribution in [-0.2, 0) is 6.42 Å². The van der Waals surface area contributed by atoms with Gasteiger partial charge in [-0.15, -0.1) is 0 Å². The smallest absolute Gasteiger partial charge is 0.138 e. The van der Waals surface area contributed by atoms with E-state index in [1.807, 2.05) is 0 Å². The van der Waals surface area contributed by atoms with E-state index in [2.05, 4.69) is 63.2 Å². The third kappa shape index (κ3) is 1.95. The van der Waals surface area contributed by atoms with Crippen molar-refractivity contribution >= 4 is 11.0 Å². The molecule has 0 saturated carbocycles. The van der Waals surface area contributed by atoms with Crippen molar-refractivity contribution in [2.24, 2.45) is 0 Å². The molecule has 1 aromatic heterocycles. The summed E-state index contributed by atoms with van der Waals surface area (Å²) < 4.78 is 6.11. The summed E-state index contributed by atoms with van der Waals surface area (Å²) in [6, 6.07) is 14.9. The molecule has 0 N–H and O–H groups in total. The monoisotopic (exact) mass is 250 g/mol. The molecule has 0 spiro atoms. The van der Waals surface area contributed by atoms with E-state index in [9.17, 15) is 0 Å². The second-order valence-corrected chi connectivity index (χ2v) is 5.06. The van der Waals surface area contributed by atoms with Gasteiger partial charge in [0, 0.05) is 16.5 Å². The van der Waals surface area contributed by atoms with Gasteiger partial charge in [0.25, 0.3) is 0 Å². The molecule has 0 unspecified atom stereocenters. The number of benzene rings is 2. The molecule has 1 nitrogen and oxygen atoms in total. The summed E-state index contributed by atoms with van der Waals surface area (Å²) in [6.45, 7) is 6.43. The van der Waals surface area contributed by atoms with Gasteiger partial charge in [-0.3, -0.25) is 0 Å². The fourth-order valence-corrected chi connectivity index (χ4v) is 2.57. The topological polar surface area (TPSA) is 13.1 Å². The molecule has 0 aliphatic heterocycles. The lowest BCUT2D eigenvalue weighted by molar-refractivity contribution is 0.628. The lowest BCUT2D eigenvalue weighted by Gasteiger charge is -2.02. The minimum Gasteiger partial charge on any atom is -0.456 e. The average molecular weight is 250 g/mol. The number of hydrogen-bond acceptors (Lipinski definition) is 1. The molecule has 0 radical (unpaired) electrons. The molecule has 0 atom stereocenters. The van der Waals surface area contributed by atoms with Gasteiger partial charge in [0.05, 0.1) is 0 Å². The predicted octanol–water partition coefficient (Wildman–Crippen LogP) is 5.28. The van der Waals surface area contributed by atoms with Crippen LogP contribution in [0.1, 0.15) is 23.6 Å². The van der Waals surface area contributed by atoms with Crippen LogP contribution in [0.3, 0.4) is 0 Å². The van der Waals surface area contributed by atoms with Gasteiger partial charge in [-0.25, -0.2) is 0 Å². The molecule has 0 aliphatic rings. The van der Waals surface area contributed by atoms with Crippen molar-refractivity contribution in [1.29, 1.82) is 0 Å². The molecular weight excluding hydrogens is 232 g/mol. The first-order valence-corrected chi connectivity index (χ1v) is 6.78. The zero-order chi connectivity index (χ0) is 13.4. The van der Waals surface area contributed by atoms with Crippen molar-refractivity contribution in [2.45, 2.75) is 27.2 Å². The lowest BCUT2D eigenvalue weighted by atomic mass is 10.0. The van der Waals surface area contributed by atoms with Crippen LogP contribution in [0.15, 0.2) is 46.9 Å². The molecular formula is C18H18O. The van der Waals surface area contributed by atoms with E-state index in [0.717, 1.165) is 17.8 Å². The first-order valence-electron chi connectivity index (χ1n) is 6.78. The van der Waals surface area contributed by atoms with Gasteiger partial charge in [-0.2, -0.15) is 0 Å². The van der Waals surface area contributed by atoms with E-state index in [-0.39, 0.29) is 0 Å². The molecule has 0 bridgehead atoms. The number of fused-ring (bicyclic) bond motifs is 1. The van der Waals surface area contributed by atoms with Crippen LogP contribution in [0.2, 0.25) is 0 Å². The number of furan rings is 1. The second kappa shape index (κ2) is 4.58. The molecule has 1 heterocycles. The van der Waals surface area contributed by atoms with E-state index in [4.69, 9.17) is 4.42 Å². The largest absolute Gasteiger partial charge is 0.456 e. The highest BCUT2D eigenvalue weighted by molar-refractivity contribution is 5.88. The van der Waals surface area contributed by atoms with Crippen LogP contribution in [0.4, 0.5) is 0 Å². The molecule has 3 aromatic rings. The van der Waals surface area contributed by atoms with Gasteiger partial charge in [-0.05, 0) is 37.5 Å². The van der Waals surface area contributed by atoms with Gasteiger partial charge in [0.2, 0.25) is 0 Å². The number of aryl methyl sites for hydroxylation is 3. The van der Waals surface area contributed by atoms with E-state index in [1.165, 1.54) is 27.6 Å². The zero-order valence-corrected chi connectivity index (χ0v) is 11.7. The predicted molar refractivity (Wildman–Crippen MR) is 80.5 cm³/mol. The van der Waals surface area contributed by atoms with Crippen LogP contribution in [0.25, 0.3) is 22.3 Å².